The Bertz CT molecular complexity index is 1020. The number of hydrogen-bond acceptors (Lipinski definition) is 4. The van der Waals surface area contributed by atoms with Gasteiger partial charge in [0.2, 0.25) is 5.91 Å². The molecule has 1 heterocycles. The molecule has 0 atom stereocenters. The zero-order chi connectivity index (χ0) is 25.8. The van der Waals surface area contributed by atoms with Crippen molar-refractivity contribution in [2.75, 3.05) is 59.4 Å². The van der Waals surface area contributed by atoms with Crippen molar-refractivity contribution in [1.29, 1.82) is 0 Å². The monoisotopic (exact) mass is 492 g/mol. The fourth-order valence-electron chi connectivity index (χ4n) is 6.07. The summed E-state index contributed by atoms with van der Waals surface area (Å²) in [5, 5.41) is 0. The minimum atomic E-state index is -0.259. The van der Waals surface area contributed by atoms with Crippen LogP contribution in [0.4, 0.5) is 10.5 Å². The fraction of sp³-hybridized carbons (Fsp3) is 0.517. The lowest BCUT2D eigenvalue weighted by atomic mass is 9.68. The van der Waals surface area contributed by atoms with E-state index in [9.17, 15) is 9.59 Å². The van der Waals surface area contributed by atoms with Gasteiger partial charge in [0.1, 0.15) is 6.54 Å². The standard InChI is InChI=1S/C29H40N4O3/c1-30(2)29(24-12-7-5-8-13-24)18-16-28(17-19-29)23-32(27(35)33(28)20-11-21-36-4)22-26(34)31(3)25-14-9-6-10-15-25/h5-10,12-15H,11,16-23H2,1-4H3. The number of methoxy groups -OCH3 is 1. The highest BCUT2D eigenvalue weighted by Gasteiger charge is 2.54. The number of hydrogen-bond donors (Lipinski definition) is 0. The second-order valence-corrected chi connectivity index (χ2v) is 10.4. The first-order valence-electron chi connectivity index (χ1n) is 12.9. The summed E-state index contributed by atoms with van der Waals surface area (Å²) in [6.45, 7) is 1.93. The molecule has 2 aromatic carbocycles. The average Bonchev–Trinajstić information content (AvgIpc) is 3.15. The molecule has 2 aromatic rings. The molecule has 7 nitrogen and oxygen atoms in total. The number of nitrogens with zero attached hydrogens (tertiary/aromatic N) is 4. The van der Waals surface area contributed by atoms with Crippen LogP contribution in [0.2, 0.25) is 0 Å². The SMILES string of the molecule is COCCCN1C(=O)N(CC(=O)N(C)c2ccccc2)CC12CCC(c1ccccc1)(N(C)C)CC2. The van der Waals surface area contributed by atoms with Crippen molar-refractivity contribution in [3.63, 3.8) is 0 Å². The third kappa shape index (κ3) is 5.00. The van der Waals surface area contributed by atoms with Gasteiger partial charge in [-0.25, -0.2) is 4.79 Å². The van der Waals surface area contributed by atoms with Crippen LogP contribution in [0.3, 0.4) is 0 Å². The number of amides is 3. The van der Waals surface area contributed by atoms with Gasteiger partial charge in [-0.1, -0.05) is 48.5 Å². The summed E-state index contributed by atoms with van der Waals surface area (Å²) < 4.78 is 5.29. The van der Waals surface area contributed by atoms with E-state index in [1.807, 2.05) is 35.2 Å². The van der Waals surface area contributed by atoms with Crippen LogP contribution in [0.1, 0.15) is 37.7 Å². The Kier molecular flexibility index (Phi) is 8.00. The number of urea groups is 1. The lowest BCUT2D eigenvalue weighted by molar-refractivity contribution is -0.118. The van der Waals surface area contributed by atoms with Crippen molar-refractivity contribution < 1.29 is 14.3 Å². The molecule has 36 heavy (non-hydrogen) atoms. The molecule has 0 unspecified atom stereocenters. The van der Waals surface area contributed by atoms with Gasteiger partial charge >= 0.3 is 6.03 Å². The van der Waals surface area contributed by atoms with Crippen LogP contribution in [0.5, 0.6) is 0 Å². The van der Waals surface area contributed by atoms with E-state index in [-0.39, 0.29) is 29.6 Å². The van der Waals surface area contributed by atoms with Gasteiger partial charge in [0.15, 0.2) is 0 Å². The number of ether oxygens (including phenoxy) is 1. The van der Waals surface area contributed by atoms with E-state index in [1.165, 1.54) is 5.56 Å². The van der Waals surface area contributed by atoms with E-state index in [0.717, 1.165) is 37.8 Å². The van der Waals surface area contributed by atoms with E-state index in [1.54, 1.807) is 24.0 Å². The molecule has 4 rings (SSSR count). The van der Waals surface area contributed by atoms with Crippen molar-refractivity contribution in [2.45, 2.75) is 43.2 Å². The highest BCUT2D eigenvalue weighted by molar-refractivity contribution is 5.96. The smallest absolute Gasteiger partial charge is 0.321 e. The van der Waals surface area contributed by atoms with Gasteiger partial charge in [0.05, 0.1) is 5.54 Å². The maximum Gasteiger partial charge on any atom is 0.321 e. The van der Waals surface area contributed by atoms with Gasteiger partial charge in [-0.2, -0.15) is 0 Å². The van der Waals surface area contributed by atoms with Crippen molar-refractivity contribution in [3.05, 3.63) is 66.2 Å². The van der Waals surface area contributed by atoms with Crippen molar-refractivity contribution in [1.82, 2.24) is 14.7 Å². The van der Waals surface area contributed by atoms with Crippen molar-refractivity contribution in [2.24, 2.45) is 0 Å². The summed E-state index contributed by atoms with van der Waals surface area (Å²) in [6.07, 6.45) is 4.51. The Morgan fingerprint density at radius 1 is 0.944 bits per heavy atom. The molecule has 1 saturated heterocycles. The van der Waals surface area contributed by atoms with Crippen LogP contribution in [-0.4, -0.2) is 86.7 Å². The first-order valence-corrected chi connectivity index (χ1v) is 12.9. The molecule has 1 spiro atoms. The van der Waals surface area contributed by atoms with Crippen LogP contribution < -0.4 is 4.90 Å². The summed E-state index contributed by atoms with van der Waals surface area (Å²) in [7, 11) is 7.78. The van der Waals surface area contributed by atoms with Gasteiger partial charge in [-0.3, -0.25) is 9.69 Å². The normalized spacial score (nSPS) is 24.1. The molecule has 0 N–H and O–H groups in total. The first kappa shape index (κ1) is 26.2. The Labute approximate surface area is 215 Å². The third-order valence-corrected chi connectivity index (χ3v) is 8.31. The van der Waals surface area contributed by atoms with Gasteiger partial charge in [0, 0.05) is 45.1 Å². The molecule has 0 bridgehead atoms. The summed E-state index contributed by atoms with van der Waals surface area (Å²) in [5.74, 6) is -0.0776. The average molecular weight is 493 g/mol. The molecule has 3 amide bonds. The first-order chi connectivity index (χ1) is 17.3. The topological polar surface area (TPSA) is 56.3 Å². The Morgan fingerprint density at radius 2 is 1.56 bits per heavy atom. The number of carbonyl (C=O) groups excluding carboxylic acids is 2. The van der Waals surface area contributed by atoms with Gasteiger partial charge in [0.25, 0.3) is 0 Å². The number of likely N-dealkylation sites (N-methyl/N-ethyl adjacent to an activating group) is 1. The Balaban J connectivity index is 1.54. The third-order valence-electron chi connectivity index (χ3n) is 8.31. The van der Waals surface area contributed by atoms with Crippen molar-refractivity contribution in [3.8, 4) is 0 Å². The molecule has 2 fully saturated rings. The fourth-order valence-corrected chi connectivity index (χ4v) is 6.07. The zero-order valence-electron chi connectivity index (χ0n) is 22.2. The molecule has 1 aliphatic carbocycles. The number of carbonyl (C=O) groups is 2. The van der Waals surface area contributed by atoms with Crippen LogP contribution in [-0.2, 0) is 15.1 Å². The molecule has 1 aliphatic heterocycles. The Morgan fingerprint density at radius 3 is 2.14 bits per heavy atom. The summed E-state index contributed by atoms with van der Waals surface area (Å²) in [4.78, 5) is 34.6. The number of rotatable bonds is 9. The van der Waals surface area contributed by atoms with Crippen LogP contribution in [0, 0.1) is 0 Å². The predicted octanol–water partition coefficient (Wildman–Crippen LogP) is 4.19. The maximum atomic E-state index is 13.7. The van der Waals surface area contributed by atoms with Crippen LogP contribution in [0.15, 0.2) is 60.7 Å². The molecule has 7 heteroatoms. The van der Waals surface area contributed by atoms with E-state index in [2.05, 4.69) is 49.3 Å². The highest BCUT2D eigenvalue weighted by atomic mass is 16.5. The molecule has 0 aromatic heterocycles. The maximum absolute atomic E-state index is 13.7. The van der Waals surface area contributed by atoms with Crippen LogP contribution >= 0.6 is 0 Å². The van der Waals surface area contributed by atoms with Gasteiger partial charge < -0.3 is 19.4 Å². The quantitative estimate of drug-likeness (QED) is 0.493. The molecule has 0 radical (unpaired) electrons. The second-order valence-electron chi connectivity index (χ2n) is 10.4. The number of benzene rings is 2. The molecular formula is C29H40N4O3. The minimum absolute atomic E-state index is 0.0296. The van der Waals surface area contributed by atoms with Crippen molar-refractivity contribution >= 4 is 17.6 Å². The van der Waals surface area contributed by atoms with E-state index >= 15 is 0 Å². The van der Waals surface area contributed by atoms with E-state index < -0.39 is 0 Å². The molecular weight excluding hydrogens is 452 g/mol. The highest BCUT2D eigenvalue weighted by Crippen LogP contribution is 2.48. The number of para-hydroxylation sites is 1. The summed E-state index contributed by atoms with van der Waals surface area (Å²) >= 11 is 0. The largest absolute Gasteiger partial charge is 0.385 e. The second kappa shape index (κ2) is 11.0. The van der Waals surface area contributed by atoms with Gasteiger partial charge in [-0.15, -0.1) is 0 Å². The molecule has 194 valence electrons. The summed E-state index contributed by atoms with van der Waals surface area (Å²) in [5.41, 5.74) is 1.85. The molecule has 1 saturated carbocycles. The number of anilines is 1. The van der Waals surface area contributed by atoms with E-state index in [4.69, 9.17) is 4.74 Å². The van der Waals surface area contributed by atoms with Gasteiger partial charge in [-0.05, 0) is 63.9 Å². The Hall–Kier alpha value is -2.90. The molecule has 2 aliphatic rings. The zero-order valence-corrected chi connectivity index (χ0v) is 22.2. The lowest BCUT2D eigenvalue weighted by Gasteiger charge is -2.51. The lowest BCUT2D eigenvalue weighted by Crippen LogP contribution is -2.55. The predicted molar refractivity (Wildman–Crippen MR) is 143 cm³/mol. The summed E-state index contributed by atoms with van der Waals surface area (Å²) in [6, 6.07) is 20.3. The van der Waals surface area contributed by atoms with Crippen LogP contribution in [0.25, 0.3) is 0 Å². The van der Waals surface area contributed by atoms with E-state index in [0.29, 0.717) is 19.7 Å². The minimum Gasteiger partial charge on any atom is -0.385 e.